The van der Waals surface area contributed by atoms with Gasteiger partial charge in [0.15, 0.2) is 6.29 Å². The van der Waals surface area contributed by atoms with Gasteiger partial charge in [-0.3, -0.25) is 0 Å². The van der Waals surface area contributed by atoms with E-state index in [4.69, 9.17) is 14.2 Å². The lowest BCUT2D eigenvalue weighted by molar-refractivity contribution is -0.0907. The number of hydrogen-bond acceptors (Lipinski definition) is 8. The molecule has 0 bridgehead atoms. The Hall–Kier alpha value is -3.48. The van der Waals surface area contributed by atoms with Gasteiger partial charge in [-0.25, -0.2) is 13.2 Å². The molecule has 1 amide bonds. The number of carbonyl (C=O) groups excluding carboxylic acids is 1. The normalized spacial score (nSPS) is 21.8. The van der Waals surface area contributed by atoms with E-state index < -0.39 is 34.4 Å². The maximum absolute atomic E-state index is 13.7. The molecule has 218 valence electrons. The first-order valence-corrected chi connectivity index (χ1v) is 15.0. The molecule has 3 aromatic carbocycles. The van der Waals surface area contributed by atoms with E-state index >= 15 is 0 Å². The molecule has 0 spiro atoms. The van der Waals surface area contributed by atoms with Crippen LogP contribution in [0.1, 0.15) is 17.5 Å². The fraction of sp³-hybridized carbons (Fsp3) is 0.367. The number of sulfonamides is 1. The van der Waals surface area contributed by atoms with E-state index in [1.54, 1.807) is 24.3 Å². The average molecular weight is 583 g/mol. The van der Waals surface area contributed by atoms with Crippen molar-refractivity contribution in [2.24, 2.45) is 5.92 Å². The molecule has 2 heterocycles. The van der Waals surface area contributed by atoms with Gasteiger partial charge in [-0.15, -0.1) is 0 Å². The summed E-state index contributed by atoms with van der Waals surface area (Å²) in [6.45, 7) is 0.455. The molecular formula is C30H34N2O8S. The fourth-order valence-corrected chi connectivity index (χ4v) is 6.61. The van der Waals surface area contributed by atoms with Gasteiger partial charge in [0.05, 0.1) is 36.2 Å². The highest BCUT2D eigenvalue weighted by molar-refractivity contribution is 7.89. The molecular weight excluding hydrogens is 548 g/mol. The molecule has 2 fully saturated rings. The van der Waals surface area contributed by atoms with Gasteiger partial charge in [0.2, 0.25) is 10.0 Å². The van der Waals surface area contributed by atoms with E-state index in [0.29, 0.717) is 6.61 Å². The van der Waals surface area contributed by atoms with Crippen molar-refractivity contribution in [2.75, 3.05) is 19.8 Å². The molecule has 41 heavy (non-hydrogen) atoms. The van der Waals surface area contributed by atoms with E-state index in [9.17, 15) is 23.4 Å². The van der Waals surface area contributed by atoms with Crippen LogP contribution in [0.2, 0.25) is 0 Å². The Balaban J connectivity index is 1.36. The van der Waals surface area contributed by atoms with Crippen LogP contribution in [0.3, 0.4) is 0 Å². The topological polar surface area (TPSA) is 135 Å². The van der Waals surface area contributed by atoms with Gasteiger partial charge < -0.3 is 29.7 Å². The number of amides is 1. The van der Waals surface area contributed by atoms with Crippen LogP contribution >= 0.6 is 0 Å². The summed E-state index contributed by atoms with van der Waals surface area (Å²) >= 11 is 0. The number of aliphatic hydroxyl groups excluding tert-OH is 1. The third-order valence-corrected chi connectivity index (χ3v) is 9.20. The highest BCUT2D eigenvalue weighted by atomic mass is 32.2. The number of aliphatic hydroxyl groups is 1. The molecule has 11 heteroatoms. The number of fused-ring (bicyclic) bond motifs is 1. The summed E-state index contributed by atoms with van der Waals surface area (Å²) in [6.07, 6.45) is -1.90. The number of alkyl carbamates (subject to hydrolysis) is 1. The van der Waals surface area contributed by atoms with Crippen LogP contribution in [0.4, 0.5) is 4.79 Å². The molecule has 2 aliphatic heterocycles. The minimum Gasteiger partial charge on any atom is -0.508 e. The third-order valence-electron chi connectivity index (χ3n) is 7.38. The number of phenols is 1. The zero-order chi connectivity index (χ0) is 28.8. The summed E-state index contributed by atoms with van der Waals surface area (Å²) in [7, 11) is -4.09. The van der Waals surface area contributed by atoms with Crippen molar-refractivity contribution >= 4 is 16.1 Å². The van der Waals surface area contributed by atoms with E-state index in [0.717, 1.165) is 17.5 Å². The SMILES string of the molecule is O=C(N[C@@H](Cc1ccccc1)[C@H](O)CN(Cc1ccccc1)S(=O)(=O)c1ccc(O)cc1)OC1COC2OCCC12. The zero-order valence-corrected chi connectivity index (χ0v) is 23.2. The first kappa shape index (κ1) is 29.0. The van der Waals surface area contributed by atoms with E-state index in [-0.39, 0.29) is 49.0 Å². The van der Waals surface area contributed by atoms with Crippen LogP contribution in [0.25, 0.3) is 0 Å². The number of benzene rings is 3. The Kier molecular flexibility index (Phi) is 9.21. The molecule has 0 aromatic heterocycles. The number of hydrogen-bond donors (Lipinski definition) is 3. The molecule has 3 unspecified atom stereocenters. The second-order valence-corrected chi connectivity index (χ2v) is 12.2. The summed E-state index contributed by atoms with van der Waals surface area (Å²) in [4.78, 5) is 13.0. The van der Waals surface area contributed by atoms with Crippen LogP contribution in [-0.2, 0) is 37.2 Å². The predicted octanol–water partition coefficient (Wildman–Crippen LogP) is 3.04. The largest absolute Gasteiger partial charge is 0.508 e. The maximum Gasteiger partial charge on any atom is 0.407 e. The van der Waals surface area contributed by atoms with Gasteiger partial charge in [-0.1, -0.05) is 60.7 Å². The summed E-state index contributed by atoms with van der Waals surface area (Å²) in [5.41, 5.74) is 1.57. The van der Waals surface area contributed by atoms with Crippen molar-refractivity contribution in [3.8, 4) is 5.75 Å². The van der Waals surface area contributed by atoms with Gasteiger partial charge in [-0.05, 0) is 48.2 Å². The molecule has 0 aliphatic carbocycles. The second-order valence-electron chi connectivity index (χ2n) is 10.3. The van der Waals surface area contributed by atoms with Crippen LogP contribution in [0.5, 0.6) is 5.75 Å². The second kappa shape index (κ2) is 13.0. The van der Waals surface area contributed by atoms with Gasteiger partial charge >= 0.3 is 6.09 Å². The van der Waals surface area contributed by atoms with Crippen LogP contribution in [0, 0.1) is 5.92 Å². The number of nitrogens with zero attached hydrogens (tertiary/aromatic N) is 1. The molecule has 0 saturated carbocycles. The molecule has 5 rings (SSSR count). The van der Waals surface area contributed by atoms with Gasteiger partial charge in [0, 0.05) is 13.1 Å². The van der Waals surface area contributed by atoms with Crippen molar-refractivity contribution in [3.05, 3.63) is 96.1 Å². The van der Waals surface area contributed by atoms with Gasteiger partial charge in [0.1, 0.15) is 11.9 Å². The molecule has 3 aromatic rings. The summed E-state index contributed by atoms with van der Waals surface area (Å²) in [5, 5.41) is 23.9. The van der Waals surface area contributed by atoms with Crippen molar-refractivity contribution in [3.63, 3.8) is 0 Å². The first-order chi connectivity index (χ1) is 19.8. The fourth-order valence-electron chi connectivity index (χ4n) is 5.16. The lowest BCUT2D eigenvalue weighted by Gasteiger charge is -2.30. The molecule has 10 nitrogen and oxygen atoms in total. The van der Waals surface area contributed by atoms with Crippen LogP contribution in [-0.4, -0.2) is 73.3 Å². The van der Waals surface area contributed by atoms with Crippen LogP contribution < -0.4 is 5.32 Å². The standard InChI is InChI=1S/C30H34N2O8S/c33-23-11-13-24(14-12-23)41(36,37)32(18-22-9-5-2-6-10-22)19-27(34)26(17-21-7-3-1-4-8-21)31-30(35)40-28-20-39-29-25(28)15-16-38-29/h1-14,25-29,33-34H,15-20H2,(H,31,35)/t25?,26-,27+,28?,29?/m0/s1. The number of carbonyl (C=O) groups is 1. The van der Waals surface area contributed by atoms with Gasteiger partial charge in [-0.2, -0.15) is 4.31 Å². The smallest absolute Gasteiger partial charge is 0.407 e. The number of ether oxygens (including phenoxy) is 3. The van der Waals surface area contributed by atoms with E-state index in [2.05, 4.69) is 5.32 Å². The monoisotopic (exact) mass is 582 g/mol. The summed E-state index contributed by atoms with van der Waals surface area (Å²) in [5.74, 6) is -0.109. The maximum atomic E-state index is 13.7. The molecule has 5 atom stereocenters. The third kappa shape index (κ3) is 7.24. The highest BCUT2D eigenvalue weighted by Crippen LogP contribution is 2.33. The first-order valence-electron chi connectivity index (χ1n) is 13.5. The zero-order valence-electron chi connectivity index (χ0n) is 22.4. The molecule has 2 saturated heterocycles. The van der Waals surface area contributed by atoms with Crippen LogP contribution in [0.15, 0.2) is 89.8 Å². The quantitative estimate of drug-likeness (QED) is 0.314. The molecule has 2 aliphatic rings. The van der Waals surface area contributed by atoms with Crippen molar-refractivity contribution < 1.29 is 37.6 Å². The Labute approximate surface area is 239 Å². The Morgan fingerprint density at radius 1 is 0.976 bits per heavy atom. The Morgan fingerprint density at radius 3 is 2.32 bits per heavy atom. The Morgan fingerprint density at radius 2 is 1.63 bits per heavy atom. The van der Waals surface area contributed by atoms with Crippen molar-refractivity contribution in [1.29, 1.82) is 0 Å². The predicted molar refractivity (Wildman–Crippen MR) is 149 cm³/mol. The van der Waals surface area contributed by atoms with Crippen molar-refractivity contribution in [2.45, 2.75) is 48.8 Å². The number of phenolic OH excluding ortho intramolecular Hbond substituents is 1. The van der Waals surface area contributed by atoms with Crippen molar-refractivity contribution in [1.82, 2.24) is 9.62 Å². The molecule has 0 radical (unpaired) electrons. The lowest BCUT2D eigenvalue weighted by Crippen LogP contribution is -2.51. The minimum absolute atomic E-state index is 0.00784. The summed E-state index contributed by atoms with van der Waals surface area (Å²) in [6, 6.07) is 22.7. The number of aromatic hydroxyl groups is 1. The number of nitrogens with one attached hydrogen (secondary N) is 1. The summed E-state index contributed by atoms with van der Waals surface area (Å²) < 4.78 is 45.4. The average Bonchev–Trinajstić information content (AvgIpc) is 3.59. The van der Waals surface area contributed by atoms with Gasteiger partial charge in [0.25, 0.3) is 0 Å². The Bertz CT molecular complexity index is 1390. The number of rotatable bonds is 11. The minimum atomic E-state index is -4.09. The van der Waals surface area contributed by atoms with E-state index in [1.165, 1.54) is 28.6 Å². The lowest BCUT2D eigenvalue weighted by atomic mass is 10.0. The highest BCUT2D eigenvalue weighted by Gasteiger charge is 2.44. The molecule has 3 N–H and O–H groups in total. The van der Waals surface area contributed by atoms with E-state index in [1.807, 2.05) is 36.4 Å².